The number of pyridine rings is 1. The van der Waals surface area contributed by atoms with E-state index in [1.165, 1.54) is 24.9 Å². The monoisotopic (exact) mass is 432 g/mol. The van der Waals surface area contributed by atoms with E-state index in [1.807, 2.05) is 36.0 Å². The highest BCUT2D eigenvalue weighted by Gasteiger charge is 2.12. The predicted octanol–water partition coefficient (Wildman–Crippen LogP) is 2.85. The zero-order valence-electron chi connectivity index (χ0n) is 16.1. The normalized spacial score (nSPS) is 10.7. The van der Waals surface area contributed by atoms with Crippen molar-refractivity contribution >= 4 is 29.3 Å². The first-order valence-corrected chi connectivity index (χ1v) is 10.2. The second-order valence-corrected chi connectivity index (χ2v) is 7.65. The molecule has 0 atom stereocenters. The number of aryl methyl sites for hydroxylation is 1. The molecular weight excluding hydrogens is 412 g/mol. The number of ether oxygens (including phenoxy) is 1. The van der Waals surface area contributed by atoms with Crippen molar-refractivity contribution in [2.75, 3.05) is 7.11 Å². The second kappa shape index (κ2) is 9.67. The molecule has 7 nitrogen and oxygen atoms in total. The first-order chi connectivity index (χ1) is 14.0. The van der Waals surface area contributed by atoms with Gasteiger partial charge in [-0.1, -0.05) is 41.6 Å². The van der Waals surface area contributed by atoms with E-state index >= 15 is 0 Å². The number of hydrogen-bond acceptors (Lipinski definition) is 5. The summed E-state index contributed by atoms with van der Waals surface area (Å²) >= 11 is 7.62. The molecule has 3 aromatic rings. The van der Waals surface area contributed by atoms with E-state index in [9.17, 15) is 9.59 Å². The zero-order chi connectivity index (χ0) is 20.8. The van der Waals surface area contributed by atoms with Crippen LogP contribution in [0, 0.1) is 0 Å². The van der Waals surface area contributed by atoms with Gasteiger partial charge in [0, 0.05) is 48.5 Å². The Hall–Kier alpha value is -2.71. The highest BCUT2D eigenvalue weighted by Crippen LogP contribution is 2.21. The van der Waals surface area contributed by atoms with Crippen molar-refractivity contribution in [2.24, 2.45) is 7.05 Å². The first-order valence-electron chi connectivity index (χ1n) is 8.85. The van der Waals surface area contributed by atoms with Gasteiger partial charge in [-0.25, -0.2) is 4.98 Å². The molecule has 0 unspecified atom stereocenters. The number of nitrogens with one attached hydrogen (secondary N) is 1. The number of rotatable bonds is 8. The lowest BCUT2D eigenvalue weighted by Gasteiger charge is -2.15. The number of benzene rings is 1. The molecule has 0 spiro atoms. The van der Waals surface area contributed by atoms with E-state index in [0.717, 1.165) is 10.7 Å². The molecule has 29 heavy (non-hydrogen) atoms. The minimum Gasteiger partial charge on any atom is -0.491 e. The molecule has 0 saturated heterocycles. The minimum absolute atomic E-state index is 0.0531. The molecule has 0 aliphatic rings. The fraction of sp³-hybridized carbons (Fsp3) is 0.250. The molecule has 3 rings (SSSR count). The molecule has 0 radical (unpaired) electrons. The average Bonchev–Trinajstić information content (AvgIpc) is 3.12. The lowest BCUT2D eigenvalue weighted by atomic mass is 10.2. The quantitative estimate of drug-likeness (QED) is 0.554. The summed E-state index contributed by atoms with van der Waals surface area (Å²) in [5, 5.41) is 4.28. The molecule has 1 amide bonds. The summed E-state index contributed by atoms with van der Waals surface area (Å²) in [5.41, 5.74) is 1.32. The largest absolute Gasteiger partial charge is 0.491 e. The van der Waals surface area contributed by atoms with Crippen LogP contribution in [0.3, 0.4) is 0 Å². The Bertz CT molecular complexity index is 1060. The second-order valence-electron chi connectivity index (χ2n) is 6.30. The van der Waals surface area contributed by atoms with Crippen LogP contribution in [-0.4, -0.2) is 27.1 Å². The van der Waals surface area contributed by atoms with Crippen molar-refractivity contribution in [3.8, 4) is 5.75 Å². The van der Waals surface area contributed by atoms with Crippen LogP contribution in [-0.2, 0) is 30.7 Å². The Morgan fingerprint density at radius 3 is 2.83 bits per heavy atom. The van der Waals surface area contributed by atoms with Crippen molar-refractivity contribution in [3.05, 3.63) is 75.4 Å². The smallest absolute Gasteiger partial charge is 0.240 e. The van der Waals surface area contributed by atoms with Gasteiger partial charge < -0.3 is 19.2 Å². The van der Waals surface area contributed by atoms with Crippen LogP contribution in [0.2, 0.25) is 5.02 Å². The van der Waals surface area contributed by atoms with Crippen LogP contribution < -0.4 is 15.5 Å². The highest BCUT2D eigenvalue weighted by atomic mass is 35.5. The van der Waals surface area contributed by atoms with E-state index in [4.69, 9.17) is 16.3 Å². The van der Waals surface area contributed by atoms with Crippen LogP contribution in [0.4, 0.5) is 0 Å². The van der Waals surface area contributed by atoms with Crippen LogP contribution >= 0.6 is 23.4 Å². The van der Waals surface area contributed by atoms with Gasteiger partial charge in [-0.15, -0.1) is 0 Å². The lowest BCUT2D eigenvalue weighted by molar-refractivity contribution is -0.121. The Kier molecular flexibility index (Phi) is 7.00. The standard InChI is InChI=1S/C20H21ClN4O3S/c1-24-8-7-22-20(24)29-13-15-9-17(26)18(28-2)11-25(15)12-19(27)23-10-14-5-3-4-6-16(14)21/h3-9,11H,10,12-13H2,1-2H3,(H,23,27). The summed E-state index contributed by atoms with van der Waals surface area (Å²) in [5.74, 6) is 0.482. The zero-order valence-corrected chi connectivity index (χ0v) is 17.7. The molecular formula is C20H21ClN4O3S. The molecule has 1 N–H and O–H groups in total. The number of methoxy groups -OCH3 is 1. The third-order valence-electron chi connectivity index (χ3n) is 4.28. The van der Waals surface area contributed by atoms with Crippen LogP contribution in [0.5, 0.6) is 5.75 Å². The van der Waals surface area contributed by atoms with E-state index in [1.54, 1.807) is 23.0 Å². The summed E-state index contributed by atoms with van der Waals surface area (Å²) in [4.78, 5) is 29.0. The fourth-order valence-corrected chi connectivity index (χ4v) is 3.82. The summed E-state index contributed by atoms with van der Waals surface area (Å²) in [6.07, 6.45) is 5.13. The van der Waals surface area contributed by atoms with Crippen LogP contribution in [0.15, 0.2) is 58.9 Å². The molecule has 0 aliphatic carbocycles. The molecule has 2 aromatic heterocycles. The number of halogens is 1. The maximum absolute atomic E-state index is 12.5. The van der Waals surface area contributed by atoms with Crippen LogP contribution in [0.1, 0.15) is 11.3 Å². The Labute approximate surface area is 177 Å². The van der Waals surface area contributed by atoms with Gasteiger partial charge in [0.1, 0.15) is 6.54 Å². The Morgan fingerprint density at radius 1 is 1.34 bits per heavy atom. The van der Waals surface area contributed by atoms with Gasteiger partial charge in [0.2, 0.25) is 11.3 Å². The number of imidazole rings is 1. The van der Waals surface area contributed by atoms with Gasteiger partial charge in [0.05, 0.1) is 13.3 Å². The first kappa shape index (κ1) is 21.0. The number of carbonyl (C=O) groups excluding carboxylic acids is 1. The molecule has 1 aromatic carbocycles. The molecule has 0 saturated carbocycles. The third-order valence-corrected chi connectivity index (χ3v) is 5.74. The van der Waals surface area contributed by atoms with Crippen molar-refractivity contribution in [1.82, 2.24) is 19.4 Å². The van der Waals surface area contributed by atoms with E-state index < -0.39 is 0 Å². The lowest BCUT2D eigenvalue weighted by Crippen LogP contribution is -2.29. The molecule has 152 valence electrons. The van der Waals surface area contributed by atoms with E-state index in [-0.39, 0.29) is 23.6 Å². The van der Waals surface area contributed by atoms with Crippen molar-refractivity contribution < 1.29 is 9.53 Å². The number of aromatic nitrogens is 3. The number of nitrogens with zero attached hydrogens (tertiary/aromatic N) is 3. The molecule has 0 bridgehead atoms. The average molecular weight is 433 g/mol. The third kappa shape index (κ3) is 5.42. The predicted molar refractivity (Wildman–Crippen MR) is 113 cm³/mol. The summed E-state index contributed by atoms with van der Waals surface area (Å²) in [6, 6.07) is 8.84. The van der Waals surface area contributed by atoms with Gasteiger partial charge >= 0.3 is 0 Å². The highest BCUT2D eigenvalue weighted by molar-refractivity contribution is 7.98. The van der Waals surface area contributed by atoms with Gasteiger partial charge in [0.25, 0.3) is 0 Å². The number of thioether (sulfide) groups is 1. The molecule has 9 heteroatoms. The Morgan fingerprint density at radius 2 is 2.14 bits per heavy atom. The fourth-order valence-electron chi connectivity index (χ4n) is 2.69. The molecule has 0 fully saturated rings. The summed E-state index contributed by atoms with van der Waals surface area (Å²) in [6.45, 7) is 0.380. The van der Waals surface area contributed by atoms with Gasteiger partial charge in [0.15, 0.2) is 10.9 Å². The SMILES string of the molecule is COc1cn(CC(=O)NCc2ccccc2Cl)c(CSc2nccn2C)cc1=O. The van der Waals surface area contributed by atoms with Crippen molar-refractivity contribution in [1.29, 1.82) is 0 Å². The maximum Gasteiger partial charge on any atom is 0.240 e. The van der Waals surface area contributed by atoms with Gasteiger partial charge in [-0.05, 0) is 11.6 Å². The van der Waals surface area contributed by atoms with E-state index in [2.05, 4.69) is 10.3 Å². The van der Waals surface area contributed by atoms with E-state index in [0.29, 0.717) is 23.0 Å². The van der Waals surface area contributed by atoms with Crippen molar-refractivity contribution in [3.63, 3.8) is 0 Å². The topological polar surface area (TPSA) is 78.2 Å². The van der Waals surface area contributed by atoms with Crippen molar-refractivity contribution in [2.45, 2.75) is 24.0 Å². The number of amides is 1. The number of hydrogen-bond donors (Lipinski definition) is 1. The Balaban J connectivity index is 1.73. The summed E-state index contributed by atoms with van der Waals surface area (Å²) in [7, 11) is 3.33. The number of carbonyl (C=O) groups is 1. The van der Waals surface area contributed by atoms with Crippen LogP contribution in [0.25, 0.3) is 0 Å². The molecule has 2 heterocycles. The molecule has 0 aliphatic heterocycles. The summed E-state index contributed by atoms with van der Waals surface area (Å²) < 4.78 is 8.75. The minimum atomic E-state index is -0.226. The maximum atomic E-state index is 12.5. The van der Waals surface area contributed by atoms with Gasteiger partial charge in [-0.3, -0.25) is 9.59 Å². The van der Waals surface area contributed by atoms with Gasteiger partial charge in [-0.2, -0.15) is 0 Å².